The van der Waals surface area contributed by atoms with Crippen LogP contribution >= 0.6 is 0 Å². The van der Waals surface area contributed by atoms with Crippen LogP contribution in [-0.2, 0) is 4.79 Å². The molecular formula is C5H12N2O2. The highest BCUT2D eigenvalue weighted by Gasteiger charge is 2.06. The Balaban J connectivity index is 3.51. The molecular weight excluding hydrogens is 120 g/mol. The summed E-state index contributed by atoms with van der Waals surface area (Å²) >= 11 is 0. The summed E-state index contributed by atoms with van der Waals surface area (Å²) in [6, 6.07) is 0. The molecule has 0 rings (SSSR count). The van der Waals surface area contributed by atoms with Crippen molar-refractivity contribution in [3.8, 4) is 0 Å². The molecule has 0 aliphatic rings. The largest absolute Gasteiger partial charge is 0.393 e. The zero-order chi connectivity index (χ0) is 7.44. The Kier molecular flexibility index (Phi) is 3.19. The molecule has 0 spiro atoms. The van der Waals surface area contributed by atoms with Crippen LogP contribution in [0, 0.1) is 0 Å². The van der Waals surface area contributed by atoms with Crippen LogP contribution in [0.15, 0.2) is 0 Å². The average Bonchev–Trinajstić information content (AvgIpc) is 1.63. The zero-order valence-corrected chi connectivity index (χ0v) is 5.66. The van der Waals surface area contributed by atoms with Gasteiger partial charge in [0.2, 0.25) is 5.91 Å². The fourth-order valence-electron chi connectivity index (χ4n) is 0.397. The molecule has 0 aliphatic heterocycles. The molecule has 0 aliphatic carbocycles. The molecule has 1 amide bonds. The Morgan fingerprint density at radius 2 is 2.33 bits per heavy atom. The summed E-state index contributed by atoms with van der Waals surface area (Å²) in [5.74, 6) is 4.80. The lowest BCUT2D eigenvalue weighted by Crippen LogP contribution is -2.34. The average molecular weight is 132 g/mol. The summed E-state index contributed by atoms with van der Waals surface area (Å²) in [5, 5.41) is 9.63. The van der Waals surface area contributed by atoms with Crippen molar-refractivity contribution in [2.45, 2.75) is 19.4 Å². The number of carbonyl (C=O) groups is 1. The van der Waals surface area contributed by atoms with E-state index in [0.717, 1.165) is 5.01 Å². The number of amides is 1. The highest BCUT2D eigenvalue weighted by atomic mass is 16.3. The van der Waals surface area contributed by atoms with Crippen molar-refractivity contribution in [2.75, 3.05) is 7.05 Å². The molecule has 1 unspecified atom stereocenters. The Hall–Kier alpha value is -0.610. The highest BCUT2D eigenvalue weighted by molar-refractivity contribution is 5.75. The predicted octanol–water partition coefficient (Wildman–Crippen LogP) is -0.911. The van der Waals surface area contributed by atoms with Crippen LogP contribution in [0.25, 0.3) is 0 Å². The third kappa shape index (κ3) is 3.93. The quantitative estimate of drug-likeness (QED) is 0.290. The van der Waals surface area contributed by atoms with Gasteiger partial charge in [0.1, 0.15) is 0 Å². The van der Waals surface area contributed by atoms with Gasteiger partial charge in [-0.25, -0.2) is 5.84 Å². The molecule has 0 heterocycles. The topological polar surface area (TPSA) is 66.6 Å². The lowest BCUT2D eigenvalue weighted by molar-refractivity contribution is -0.131. The maximum atomic E-state index is 10.6. The highest BCUT2D eigenvalue weighted by Crippen LogP contribution is 1.90. The van der Waals surface area contributed by atoms with Crippen molar-refractivity contribution in [1.82, 2.24) is 5.01 Å². The van der Waals surface area contributed by atoms with Gasteiger partial charge >= 0.3 is 0 Å². The summed E-state index contributed by atoms with van der Waals surface area (Å²) in [4.78, 5) is 10.6. The third-order valence-electron chi connectivity index (χ3n) is 0.863. The van der Waals surface area contributed by atoms with E-state index in [1.807, 2.05) is 0 Å². The minimum absolute atomic E-state index is 0.0903. The first-order valence-electron chi connectivity index (χ1n) is 2.73. The van der Waals surface area contributed by atoms with E-state index < -0.39 is 6.10 Å². The lowest BCUT2D eigenvalue weighted by atomic mass is 10.3. The van der Waals surface area contributed by atoms with E-state index in [1.165, 1.54) is 7.05 Å². The molecule has 4 nitrogen and oxygen atoms in total. The molecule has 54 valence electrons. The molecule has 9 heavy (non-hydrogen) atoms. The Morgan fingerprint density at radius 3 is 2.44 bits per heavy atom. The lowest BCUT2D eigenvalue weighted by Gasteiger charge is -2.10. The van der Waals surface area contributed by atoms with Crippen molar-refractivity contribution in [3.05, 3.63) is 0 Å². The van der Waals surface area contributed by atoms with Crippen LogP contribution in [0.2, 0.25) is 0 Å². The Morgan fingerprint density at radius 1 is 1.89 bits per heavy atom. The SMILES string of the molecule is CC(O)CC(=O)N(C)N. The molecule has 0 fully saturated rings. The van der Waals surface area contributed by atoms with E-state index in [1.54, 1.807) is 6.92 Å². The van der Waals surface area contributed by atoms with Gasteiger partial charge in [-0.05, 0) is 6.92 Å². The van der Waals surface area contributed by atoms with Crippen LogP contribution in [0.5, 0.6) is 0 Å². The first-order valence-corrected chi connectivity index (χ1v) is 2.73. The minimum atomic E-state index is -0.608. The van der Waals surface area contributed by atoms with Crippen LogP contribution in [0.3, 0.4) is 0 Å². The predicted molar refractivity (Wildman–Crippen MR) is 33.3 cm³/mol. The monoisotopic (exact) mass is 132 g/mol. The minimum Gasteiger partial charge on any atom is -0.393 e. The Labute approximate surface area is 54.2 Å². The second-order valence-corrected chi connectivity index (χ2v) is 2.06. The van der Waals surface area contributed by atoms with Gasteiger partial charge in [0.15, 0.2) is 0 Å². The van der Waals surface area contributed by atoms with E-state index in [0.29, 0.717) is 0 Å². The van der Waals surface area contributed by atoms with Crippen molar-refractivity contribution >= 4 is 5.91 Å². The summed E-state index contributed by atoms with van der Waals surface area (Å²) in [5.41, 5.74) is 0. The fourth-order valence-corrected chi connectivity index (χ4v) is 0.397. The van der Waals surface area contributed by atoms with Gasteiger partial charge in [-0.3, -0.25) is 9.80 Å². The second-order valence-electron chi connectivity index (χ2n) is 2.06. The third-order valence-corrected chi connectivity index (χ3v) is 0.863. The van der Waals surface area contributed by atoms with Gasteiger partial charge < -0.3 is 5.11 Å². The molecule has 4 heteroatoms. The van der Waals surface area contributed by atoms with Crippen molar-refractivity contribution in [3.63, 3.8) is 0 Å². The maximum Gasteiger partial charge on any atom is 0.238 e. The first kappa shape index (κ1) is 8.39. The summed E-state index contributed by atoms with van der Waals surface area (Å²) in [7, 11) is 1.45. The van der Waals surface area contributed by atoms with Crippen molar-refractivity contribution in [1.29, 1.82) is 0 Å². The van der Waals surface area contributed by atoms with Crippen LogP contribution < -0.4 is 5.84 Å². The summed E-state index contributed by atoms with van der Waals surface area (Å²) < 4.78 is 0. The van der Waals surface area contributed by atoms with Gasteiger partial charge in [0, 0.05) is 7.05 Å². The molecule has 0 aromatic rings. The van der Waals surface area contributed by atoms with Crippen LogP contribution in [-0.4, -0.2) is 29.2 Å². The van der Waals surface area contributed by atoms with Gasteiger partial charge in [-0.1, -0.05) is 0 Å². The smallest absolute Gasteiger partial charge is 0.238 e. The van der Waals surface area contributed by atoms with Gasteiger partial charge in [-0.15, -0.1) is 0 Å². The number of nitrogens with two attached hydrogens (primary N) is 1. The van der Waals surface area contributed by atoms with Gasteiger partial charge in [0.25, 0.3) is 0 Å². The number of aliphatic hydroxyl groups excluding tert-OH is 1. The molecule has 0 saturated carbocycles. The fraction of sp³-hybridized carbons (Fsp3) is 0.800. The molecule has 0 bridgehead atoms. The number of carbonyl (C=O) groups excluding carboxylic acids is 1. The van der Waals surface area contributed by atoms with Crippen LogP contribution in [0.4, 0.5) is 0 Å². The van der Waals surface area contributed by atoms with Crippen molar-refractivity contribution in [2.24, 2.45) is 5.84 Å². The molecule has 0 aromatic heterocycles. The van der Waals surface area contributed by atoms with E-state index in [-0.39, 0.29) is 12.3 Å². The molecule has 0 saturated heterocycles. The van der Waals surface area contributed by atoms with Crippen molar-refractivity contribution < 1.29 is 9.90 Å². The number of rotatable bonds is 2. The second kappa shape index (κ2) is 3.42. The summed E-state index contributed by atoms with van der Waals surface area (Å²) in [6.07, 6.45) is -0.518. The van der Waals surface area contributed by atoms with Gasteiger partial charge in [0.05, 0.1) is 12.5 Å². The molecule has 1 atom stereocenters. The standard InChI is InChI=1S/C5H12N2O2/c1-4(8)3-5(9)7(2)6/h4,8H,3,6H2,1-2H3. The molecule has 3 N–H and O–H groups in total. The number of hydrazine groups is 1. The van der Waals surface area contributed by atoms with E-state index >= 15 is 0 Å². The number of hydrogen-bond acceptors (Lipinski definition) is 3. The first-order chi connectivity index (χ1) is 4.04. The number of nitrogens with zero attached hydrogens (tertiary/aromatic N) is 1. The molecule has 0 radical (unpaired) electrons. The zero-order valence-electron chi connectivity index (χ0n) is 5.66. The maximum absolute atomic E-state index is 10.6. The number of aliphatic hydroxyl groups is 1. The van der Waals surface area contributed by atoms with Crippen LogP contribution in [0.1, 0.15) is 13.3 Å². The van der Waals surface area contributed by atoms with E-state index in [9.17, 15) is 4.79 Å². The van der Waals surface area contributed by atoms with Gasteiger partial charge in [-0.2, -0.15) is 0 Å². The van der Waals surface area contributed by atoms with E-state index in [4.69, 9.17) is 10.9 Å². The number of hydrogen-bond donors (Lipinski definition) is 2. The summed E-state index contributed by atoms with van der Waals surface area (Å²) in [6.45, 7) is 1.54. The Bertz CT molecular complexity index is 101. The normalized spacial score (nSPS) is 12.9. The molecule has 0 aromatic carbocycles. The van der Waals surface area contributed by atoms with E-state index in [2.05, 4.69) is 0 Å².